The molecule has 1 saturated carbocycles. The van der Waals surface area contributed by atoms with Gasteiger partial charge in [-0.3, -0.25) is 18.2 Å². The zero-order chi connectivity index (χ0) is 34.5. The Morgan fingerprint density at radius 3 is 1.68 bits per heavy atom. The molecule has 3 unspecified atom stereocenters. The van der Waals surface area contributed by atoms with Crippen molar-refractivity contribution in [3.8, 4) is 0 Å². The lowest BCUT2D eigenvalue weighted by Crippen LogP contribution is -2.69. The van der Waals surface area contributed by atoms with Gasteiger partial charge in [-0.15, -0.1) is 0 Å². The second-order valence-electron chi connectivity index (χ2n) is 10.7. The summed E-state index contributed by atoms with van der Waals surface area (Å²) in [5.41, 5.74) is 17.0. The standard InChI is InChI=1S/C20H40N4O10.2H2O4S/c1-6(25)14-11(27)10(26)9(23)18(32-14)33-15-7(21)4-8(22)16(12(15)28)34-19-13(29)17(24-3)20(2,30)5-31-19;2*1-5(2,3)4/h6-19,24-30H,4-5,21-23H2,1-3H3;2*(H2,1,2,3,4)/t6?,7-,8+,9-,10-,11+,12-,13-,14-,15+,16?,17-,18-,19?,20+;;/m1../s1. The van der Waals surface area contributed by atoms with Crippen LogP contribution in [-0.2, 0) is 39.7 Å². The van der Waals surface area contributed by atoms with Gasteiger partial charge < -0.3 is 72.1 Å². The van der Waals surface area contributed by atoms with Crippen molar-refractivity contribution in [3.63, 3.8) is 0 Å². The van der Waals surface area contributed by atoms with Crippen LogP contribution in [0.1, 0.15) is 20.3 Å². The van der Waals surface area contributed by atoms with Crippen molar-refractivity contribution in [1.29, 1.82) is 0 Å². The van der Waals surface area contributed by atoms with Crippen LogP contribution in [0.2, 0.25) is 0 Å². The number of ether oxygens (including phenoxy) is 4. The van der Waals surface area contributed by atoms with E-state index in [1.807, 2.05) is 0 Å². The molecular formula is C20H44N4O18S2. The van der Waals surface area contributed by atoms with Gasteiger partial charge in [0.05, 0.1) is 24.8 Å². The predicted molar refractivity (Wildman–Crippen MR) is 144 cm³/mol. The molecule has 44 heavy (non-hydrogen) atoms. The number of hydrogen-bond acceptors (Lipinski definition) is 18. The summed E-state index contributed by atoms with van der Waals surface area (Å²) in [4.78, 5) is 0. The molecule has 1 aliphatic carbocycles. The molecule has 15 atom stereocenters. The molecule has 0 amide bonds. The number of likely N-dealkylation sites (N-methyl/N-ethyl adjacent to an activating group) is 1. The van der Waals surface area contributed by atoms with Crippen LogP contribution in [0.25, 0.3) is 0 Å². The van der Waals surface area contributed by atoms with Gasteiger partial charge in [0, 0.05) is 12.1 Å². The Morgan fingerprint density at radius 2 is 1.27 bits per heavy atom. The van der Waals surface area contributed by atoms with Crippen LogP contribution in [0, 0.1) is 0 Å². The van der Waals surface area contributed by atoms with Crippen LogP contribution >= 0.6 is 0 Å². The van der Waals surface area contributed by atoms with E-state index < -0.39 is 112 Å². The number of hydrogen-bond donors (Lipinski definition) is 14. The van der Waals surface area contributed by atoms with E-state index in [-0.39, 0.29) is 13.0 Å². The summed E-state index contributed by atoms with van der Waals surface area (Å²) in [6.45, 7) is 2.75. The van der Waals surface area contributed by atoms with E-state index in [1.165, 1.54) is 13.8 Å². The highest BCUT2D eigenvalue weighted by Crippen LogP contribution is 2.32. The summed E-state index contributed by atoms with van der Waals surface area (Å²) in [7, 11) is -7.76. The molecule has 22 nitrogen and oxygen atoms in total. The van der Waals surface area contributed by atoms with Crippen molar-refractivity contribution in [3.05, 3.63) is 0 Å². The molecular weight excluding hydrogens is 648 g/mol. The zero-order valence-electron chi connectivity index (χ0n) is 23.8. The molecule has 24 heteroatoms. The summed E-state index contributed by atoms with van der Waals surface area (Å²) >= 11 is 0. The molecule has 2 aliphatic heterocycles. The maximum absolute atomic E-state index is 11.1. The van der Waals surface area contributed by atoms with Crippen LogP contribution in [0.5, 0.6) is 0 Å². The van der Waals surface area contributed by atoms with E-state index >= 15 is 0 Å². The molecule has 17 N–H and O–H groups in total. The minimum absolute atomic E-state index is 0.135. The second-order valence-corrected chi connectivity index (χ2v) is 12.5. The van der Waals surface area contributed by atoms with Crippen molar-refractivity contribution in [2.45, 2.75) is 111 Å². The lowest BCUT2D eigenvalue weighted by Gasteiger charge is -2.49. The molecule has 0 spiro atoms. The van der Waals surface area contributed by atoms with Gasteiger partial charge in [0.2, 0.25) is 0 Å². The van der Waals surface area contributed by atoms with E-state index in [0.717, 1.165) is 0 Å². The van der Waals surface area contributed by atoms with Gasteiger partial charge >= 0.3 is 20.8 Å². The third-order valence-electron chi connectivity index (χ3n) is 6.95. The number of aliphatic hydroxyl groups excluding tert-OH is 5. The Morgan fingerprint density at radius 1 is 0.841 bits per heavy atom. The van der Waals surface area contributed by atoms with Crippen LogP contribution in [-0.4, -0.2) is 171 Å². The fourth-order valence-corrected chi connectivity index (χ4v) is 4.95. The molecule has 0 aromatic rings. The van der Waals surface area contributed by atoms with E-state index in [4.69, 9.17) is 71.2 Å². The maximum atomic E-state index is 11.1. The Labute approximate surface area is 253 Å². The highest BCUT2D eigenvalue weighted by Gasteiger charge is 2.52. The molecule has 3 fully saturated rings. The molecule has 2 heterocycles. The Balaban J connectivity index is 0.000000837. The summed E-state index contributed by atoms with van der Waals surface area (Å²) < 4.78 is 85.9. The average molecular weight is 693 g/mol. The fourth-order valence-electron chi connectivity index (χ4n) is 4.95. The van der Waals surface area contributed by atoms with E-state index in [1.54, 1.807) is 7.05 Å². The summed E-state index contributed by atoms with van der Waals surface area (Å²) in [6, 6.07) is -3.47. The predicted octanol–water partition coefficient (Wildman–Crippen LogP) is -6.92. The van der Waals surface area contributed by atoms with Gasteiger partial charge in [-0.25, -0.2) is 0 Å². The minimum atomic E-state index is -4.67. The normalized spacial score (nSPS) is 44.0. The van der Waals surface area contributed by atoms with Gasteiger partial charge in [-0.2, -0.15) is 16.8 Å². The summed E-state index contributed by atoms with van der Waals surface area (Å²) in [6.07, 6.45) is -12.4. The van der Waals surface area contributed by atoms with Gasteiger partial charge in [0.1, 0.15) is 48.3 Å². The SMILES string of the molecule is CN[C@@H]1[C@@H](O)C(OC2[C@@H](N)C[C@@H](N)[C@H](O[C@H]3O[C@H](C(C)O)[C@@H](O)[C@H](O)[C@H]3N)[C@H]2O)OC[C@]1(C)O.O=S(=O)(O)O.O=S(=O)(O)O. The largest absolute Gasteiger partial charge is 0.394 e. The smallest absolute Gasteiger partial charge is 0.391 e. The first-order valence-electron chi connectivity index (χ1n) is 12.8. The second kappa shape index (κ2) is 16.3. The van der Waals surface area contributed by atoms with Gasteiger partial charge in [0.15, 0.2) is 12.6 Å². The lowest BCUT2D eigenvalue weighted by atomic mass is 9.84. The van der Waals surface area contributed by atoms with Crippen molar-refractivity contribution in [1.82, 2.24) is 5.32 Å². The van der Waals surface area contributed by atoms with Gasteiger partial charge in [-0.05, 0) is 27.3 Å². The maximum Gasteiger partial charge on any atom is 0.394 e. The van der Waals surface area contributed by atoms with Crippen molar-refractivity contribution >= 4 is 20.8 Å². The fraction of sp³-hybridized carbons (Fsp3) is 1.00. The monoisotopic (exact) mass is 692 g/mol. The first-order valence-corrected chi connectivity index (χ1v) is 15.6. The Kier molecular flexibility index (Phi) is 15.3. The van der Waals surface area contributed by atoms with Crippen LogP contribution in [0.3, 0.4) is 0 Å². The Hall–Kier alpha value is -0.820. The minimum Gasteiger partial charge on any atom is -0.391 e. The third-order valence-corrected chi connectivity index (χ3v) is 6.95. The van der Waals surface area contributed by atoms with E-state index in [0.29, 0.717) is 0 Å². The number of rotatable bonds is 6. The first kappa shape index (κ1) is 41.2. The first-order chi connectivity index (χ1) is 19.8. The Bertz CT molecular complexity index is 1050. The number of nitrogens with one attached hydrogen (secondary N) is 1. The number of nitrogens with two attached hydrogens (primary N) is 3. The third kappa shape index (κ3) is 12.4. The molecule has 3 aliphatic rings. The molecule has 0 radical (unpaired) electrons. The molecule has 0 bridgehead atoms. The van der Waals surface area contributed by atoms with Crippen LogP contribution < -0.4 is 22.5 Å². The van der Waals surface area contributed by atoms with E-state index in [2.05, 4.69) is 5.32 Å². The topological polar surface area (TPSA) is 398 Å². The van der Waals surface area contributed by atoms with Crippen molar-refractivity contribution in [2.24, 2.45) is 17.2 Å². The molecule has 0 aromatic carbocycles. The molecule has 0 aromatic heterocycles. The zero-order valence-corrected chi connectivity index (χ0v) is 25.4. The molecule has 3 rings (SSSR count). The summed E-state index contributed by atoms with van der Waals surface area (Å²) in [5, 5.41) is 65.2. The highest BCUT2D eigenvalue weighted by atomic mass is 32.3. The lowest BCUT2D eigenvalue weighted by molar-refractivity contribution is -0.319. The van der Waals surface area contributed by atoms with Gasteiger partial charge in [0.25, 0.3) is 0 Å². The summed E-state index contributed by atoms with van der Waals surface area (Å²) in [5.74, 6) is 0. The van der Waals surface area contributed by atoms with Crippen LogP contribution in [0.4, 0.5) is 0 Å². The molecule has 264 valence electrons. The molecule has 2 saturated heterocycles. The van der Waals surface area contributed by atoms with Crippen molar-refractivity contribution in [2.75, 3.05) is 13.7 Å². The van der Waals surface area contributed by atoms with Crippen molar-refractivity contribution < 1.29 is 84.6 Å². The number of aliphatic hydroxyl groups is 6. The van der Waals surface area contributed by atoms with Crippen LogP contribution in [0.15, 0.2) is 0 Å². The van der Waals surface area contributed by atoms with Gasteiger partial charge in [-0.1, -0.05) is 0 Å². The average Bonchev–Trinajstić information content (AvgIpc) is 2.83. The quantitative estimate of drug-likeness (QED) is 0.115. The highest BCUT2D eigenvalue weighted by molar-refractivity contribution is 7.80. The van der Waals surface area contributed by atoms with E-state index in [9.17, 15) is 30.6 Å².